The van der Waals surface area contributed by atoms with Crippen LogP contribution in [0.3, 0.4) is 0 Å². The minimum Gasteiger partial charge on any atom is -0.399 e. The third kappa shape index (κ3) is 3.07. The van der Waals surface area contributed by atoms with Gasteiger partial charge < -0.3 is 9.31 Å². The number of nitriles is 1. The van der Waals surface area contributed by atoms with Gasteiger partial charge in [0, 0.05) is 0 Å². The highest BCUT2D eigenvalue weighted by Crippen LogP contribution is 2.56. The van der Waals surface area contributed by atoms with Crippen molar-refractivity contribution in [1.82, 2.24) is 0 Å². The molecule has 1 heterocycles. The molecule has 1 fully saturated rings. The maximum absolute atomic E-state index is 9.85. The lowest BCUT2D eigenvalue weighted by atomic mass is 9.66. The van der Waals surface area contributed by atoms with Crippen molar-refractivity contribution in [3.63, 3.8) is 0 Å². The van der Waals surface area contributed by atoms with E-state index < -0.39 is 23.7 Å². The zero-order valence-corrected chi connectivity index (χ0v) is 21.1. The fourth-order valence-electron chi connectivity index (χ4n) is 5.80. The van der Waals surface area contributed by atoms with E-state index in [2.05, 4.69) is 113 Å². The summed E-state index contributed by atoms with van der Waals surface area (Å²) in [5, 5.41) is 9.85. The van der Waals surface area contributed by atoms with Gasteiger partial charge in [-0.3, -0.25) is 0 Å². The second kappa shape index (κ2) is 7.93. The molecule has 176 valence electrons. The van der Waals surface area contributed by atoms with Gasteiger partial charge >= 0.3 is 7.12 Å². The number of hydrogen-bond acceptors (Lipinski definition) is 3. The van der Waals surface area contributed by atoms with Crippen LogP contribution in [0.4, 0.5) is 0 Å². The van der Waals surface area contributed by atoms with E-state index in [1.165, 1.54) is 5.56 Å². The van der Waals surface area contributed by atoms with Crippen molar-refractivity contribution in [2.45, 2.75) is 44.3 Å². The van der Waals surface area contributed by atoms with E-state index in [9.17, 15) is 5.26 Å². The minimum atomic E-state index is -0.570. The Hall–Kier alpha value is -3.65. The highest BCUT2D eigenvalue weighted by atomic mass is 16.7. The molecule has 1 aliphatic carbocycles. The minimum absolute atomic E-state index is 0.442. The number of fused-ring (bicyclic) bond motifs is 3. The van der Waals surface area contributed by atoms with Gasteiger partial charge in [-0.25, -0.2) is 0 Å². The van der Waals surface area contributed by atoms with Crippen LogP contribution in [0.5, 0.6) is 0 Å². The van der Waals surface area contributed by atoms with Gasteiger partial charge in [-0.15, -0.1) is 0 Å². The lowest BCUT2D eigenvalue weighted by Crippen LogP contribution is -2.41. The molecule has 4 heteroatoms. The number of rotatable bonds is 3. The van der Waals surface area contributed by atoms with Crippen molar-refractivity contribution < 1.29 is 9.31 Å². The Labute approximate surface area is 213 Å². The van der Waals surface area contributed by atoms with Crippen LogP contribution in [0.25, 0.3) is 11.1 Å². The average molecular weight is 469 g/mol. The summed E-state index contributed by atoms with van der Waals surface area (Å²) in [6.07, 6.45) is 0. The van der Waals surface area contributed by atoms with E-state index in [1.54, 1.807) is 0 Å². The summed E-state index contributed by atoms with van der Waals surface area (Å²) in [6, 6.07) is 36.1. The van der Waals surface area contributed by atoms with Crippen molar-refractivity contribution in [3.8, 4) is 17.2 Å². The van der Waals surface area contributed by atoms with E-state index in [1.807, 2.05) is 18.2 Å². The van der Waals surface area contributed by atoms with Gasteiger partial charge in [0.2, 0.25) is 0 Å². The van der Waals surface area contributed by atoms with Crippen molar-refractivity contribution in [1.29, 1.82) is 5.26 Å². The molecule has 0 unspecified atom stereocenters. The van der Waals surface area contributed by atoms with Crippen molar-refractivity contribution in [2.75, 3.05) is 0 Å². The Bertz CT molecular complexity index is 1450. The molecule has 0 N–H and O–H groups in total. The van der Waals surface area contributed by atoms with Gasteiger partial charge in [-0.1, -0.05) is 84.9 Å². The Kier molecular flexibility index (Phi) is 5.02. The normalized spacial score (nSPS) is 18.4. The second-order valence-electron chi connectivity index (χ2n) is 10.7. The fourth-order valence-corrected chi connectivity index (χ4v) is 5.80. The van der Waals surface area contributed by atoms with E-state index >= 15 is 0 Å². The largest absolute Gasteiger partial charge is 0.495 e. The molecule has 4 aromatic carbocycles. The molecular formula is C32H28BNO2. The first-order valence-electron chi connectivity index (χ1n) is 12.4. The number of nitrogens with zero attached hydrogens (tertiary/aromatic N) is 1. The molecule has 2 aliphatic rings. The summed E-state index contributed by atoms with van der Waals surface area (Å²) in [6.45, 7) is 8.34. The Morgan fingerprint density at radius 3 is 1.81 bits per heavy atom. The monoisotopic (exact) mass is 469 g/mol. The molecular weight excluding hydrogens is 441 g/mol. The Morgan fingerprint density at radius 1 is 0.667 bits per heavy atom. The van der Waals surface area contributed by atoms with E-state index in [-0.39, 0.29) is 0 Å². The topological polar surface area (TPSA) is 42.2 Å². The zero-order chi connectivity index (χ0) is 25.1. The molecule has 1 aliphatic heterocycles. The van der Waals surface area contributed by atoms with Crippen LogP contribution in [0.15, 0.2) is 97.1 Å². The highest BCUT2D eigenvalue weighted by molar-refractivity contribution is 6.64. The summed E-state index contributed by atoms with van der Waals surface area (Å²) in [5.41, 5.74) is 7.07. The first kappa shape index (κ1) is 22.8. The van der Waals surface area contributed by atoms with Crippen molar-refractivity contribution >= 4 is 12.6 Å². The molecule has 36 heavy (non-hydrogen) atoms. The Morgan fingerprint density at radius 2 is 1.25 bits per heavy atom. The van der Waals surface area contributed by atoms with E-state index in [0.717, 1.165) is 33.3 Å². The molecule has 0 radical (unpaired) electrons. The van der Waals surface area contributed by atoms with Crippen LogP contribution in [0, 0.1) is 11.3 Å². The lowest BCUT2D eigenvalue weighted by molar-refractivity contribution is 0.00578. The van der Waals surface area contributed by atoms with Crippen LogP contribution in [-0.2, 0) is 14.7 Å². The SMILES string of the molecule is CC1(C)OB(c2cccc3c2-c2ccc(C#N)cc2C3(c2ccccc2)c2ccccc2)OC1(C)C. The van der Waals surface area contributed by atoms with Gasteiger partial charge in [-0.05, 0) is 78.7 Å². The third-order valence-electron chi connectivity index (χ3n) is 8.24. The van der Waals surface area contributed by atoms with Crippen LogP contribution < -0.4 is 5.46 Å². The molecule has 3 nitrogen and oxygen atoms in total. The smallest absolute Gasteiger partial charge is 0.399 e. The summed E-state index contributed by atoms with van der Waals surface area (Å²) < 4.78 is 13.1. The third-order valence-corrected chi connectivity index (χ3v) is 8.24. The number of benzene rings is 4. The highest BCUT2D eigenvalue weighted by Gasteiger charge is 2.54. The number of hydrogen-bond donors (Lipinski definition) is 0. The van der Waals surface area contributed by atoms with Crippen molar-refractivity contribution in [2.24, 2.45) is 0 Å². The molecule has 0 saturated carbocycles. The van der Waals surface area contributed by atoms with Crippen LogP contribution in [0.2, 0.25) is 0 Å². The maximum atomic E-state index is 9.85. The predicted octanol–water partition coefficient (Wildman–Crippen LogP) is 6.22. The molecule has 0 aromatic heterocycles. The molecule has 0 atom stereocenters. The van der Waals surface area contributed by atoms with Crippen molar-refractivity contribution in [3.05, 3.63) is 125 Å². The molecule has 1 saturated heterocycles. The van der Waals surface area contributed by atoms with Gasteiger partial charge in [0.1, 0.15) is 0 Å². The maximum Gasteiger partial charge on any atom is 0.495 e. The lowest BCUT2D eigenvalue weighted by Gasteiger charge is -2.34. The summed E-state index contributed by atoms with van der Waals surface area (Å²) >= 11 is 0. The average Bonchev–Trinajstić information content (AvgIpc) is 3.31. The Balaban J connectivity index is 1.71. The molecule has 6 rings (SSSR count). The summed E-state index contributed by atoms with van der Waals surface area (Å²) in [5.74, 6) is 0. The second-order valence-corrected chi connectivity index (χ2v) is 10.7. The van der Waals surface area contributed by atoms with Crippen LogP contribution >= 0.6 is 0 Å². The first-order chi connectivity index (χ1) is 17.3. The standard InChI is InChI=1S/C32H28BNO2/c1-30(2)31(3,4)36-33(35-30)28-17-11-16-26-29(28)25-19-18-22(21-34)20-27(25)32(26,23-12-7-5-8-13-23)24-14-9-6-10-15-24/h5-20H,1-4H3. The summed E-state index contributed by atoms with van der Waals surface area (Å²) in [7, 11) is -0.490. The van der Waals surface area contributed by atoms with Gasteiger partial charge in [0.25, 0.3) is 0 Å². The fraction of sp³-hybridized carbons (Fsp3) is 0.219. The summed E-state index contributed by atoms with van der Waals surface area (Å²) in [4.78, 5) is 0. The van der Waals surface area contributed by atoms with Gasteiger partial charge in [0.05, 0.1) is 28.2 Å². The quantitative estimate of drug-likeness (QED) is 0.295. The molecule has 0 bridgehead atoms. The van der Waals surface area contributed by atoms with Crippen LogP contribution in [-0.4, -0.2) is 18.3 Å². The molecule has 0 spiro atoms. The molecule has 0 amide bonds. The van der Waals surface area contributed by atoms with Crippen LogP contribution in [0.1, 0.15) is 55.5 Å². The first-order valence-corrected chi connectivity index (χ1v) is 12.4. The van der Waals surface area contributed by atoms with Gasteiger partial charge in [-0.2, -0.15) is 5.26 Å². The predicted molar refractivity (Wildman–Crippen MR) is 144 cm³/mol. The zero-order valence-electron chi connectivity index (χ0n) is 21.1. The van der Waals surface area contributed by atoms with E-state index in [0.29, 0.717) is 5.56 Å². The van der Waals surface area contributed by atoms with Gasteiger partial charge in [0.15, 0.2) is 0 Å². The molecule has 4 aromatic rings. The van der Waals surface area contributed by atoms with E-state index in [4.69, 9.17) is 9.31 Å².